The van der Waals surface area contributed by atoms with Gasteiger partial charge in [-0.1, -0.05) is 6.07 Å². The van der Waals surface area contributed by atoms with Gasteiger partial charge in [0, 0.05) is 25.3 Å². The Morgan fingerprint density at radius 1 is 1.47 bits per heavy atom. The minimum atomic E-state index is -0.275. The van der Waals surface area contributed by atoms with Gasteiger partial charge in [-0.2, -0.15) is 0 Å². The number of rotatable bonds is 2. The first kappa shape index (κ1) is 11.9. The Morgan fingerprint density at radius 3 is 2.88 bits per heavy atom. The molecule has 17 heavy (non-hydrogen) atoms. The van der Waals surface area contributed by atoms with Gasteiger partial charge in [0.05, 0.1) is 5.69 Å². The first-order valence-corrected chi connectivity index (χ1v) is 5.83. The average Bonchev–Trinajstić information content (AvgIpc) is 2.38. The predicted molar refractivity (Wildman–Crippen MR) is 63.2 cm³/mol. The maximum Gasteiger partial charge on any atom is 0.410 e. The number of carbonyl (C=O) groups excluding carboxylic acids is 1. The van der Waals surface area contributed by atoms with Crippen molar-refractivity contribution in [3.8, 4) is 0 Å². The van der Waals surface area contributed by atoms with Gasteiger partial charge in [-0.05, 0) is 25.0 Å². The van der Waals surface area contributed by atoms with E-state index in [1.54, 1.807) is 11.1 Å². The summed E-state index contributed by atoms with van der Waals surface area (Å²) in [5.41, 5.74) is 6.53. The Morgan fingerprint density at radius 2 is 2.24 bits per heavy atom. The third kappa shape index (κ3) is 3.42. The minimum Gasteiger partial charge on any atom is -0.443 e. The molecule has 0 aromatic carbocycles. The molecule has 1 amide bonds. The van der Waals surface area contributed by atoms with Gasteiger partial charge in [0.15, 0.2) is 0 Å². The number of hydrogen-bond donors (Lipinski definition) is 1. The van der Waals surface area contributed by atoms with Crippen molar-refractivity contribution in [1.29, 1.82) is 0 Å². The lowest BCUT2D eigenvalue weighted by Gasteiger charge is -2.29. The third-order valence-electron chi connectivity index (χ3n) is 2.87. The Kier molecular flexibility index (Phi) is 3.93. The van der Waals surface area contributed by atoms with E-state index in [0.29, 0.717) is 13.1 Å². The fourth-order valence-electron chi connectivity index (χ4n) is 1.79. The first-order chi connectivity index (χ1) is 8.25. The highest BCUT2D eigenvalue weighted by Crippen LogP contribution is 2.10. The number of likely N-dealkylation sites (tertiary alicyclic amines) is 1. The molecule has 0 atom stereocenters. The molecule has 2 N–H and O–H groups in total. The normalized spacial score (nSPS) is 16.9. The highest BCUT2D eigenvalue weighted by molar-refractivity contribution is 5.67. The molecule has 5 heteroatoms. The lowest BCUT2D eigenvalue weighted by atomic mass is 10.1. The van der Waals surface area contributed by atoms with Crippen LogP contribution in [0.25, 0.3) is 0 Å². The molecular formula is C12H17N3O2. The summed E-state index contributed by atoms with van der Waals surface area (Å²) in [7, 11) is 0. The van der Waals surface area contributed by atoms with E-state index >= 15 is 0 Å². The van der Waals surface area contributed by atoms with Crippen molar-refractivity contribution >= 4 is 6.09 Å². The van der Waals surface area contributed by atoms with Crippen molar-refractivity contribution in [2.45, 2.75) is 25.5 Å². The van der Waals surface area contributed by atoms with Gasteiger partial charge >= 0.3 is 6.09 Å². The molecule has 1 fully saturated rings. The van der Waals surface area contributed by atoms with E-state index in [0.717, 1.165) is 18.5 Å². The lowest BCUT2D eigenvalue weighted by molar-refractivity contribution is 0.0864. The molecule has 1 aliphatic heterocycles. The second kappa shape index (κ2) is 5.63. The summed E-state index contributed by atoms with van der Waals surface area (Å²) in [6, 6.07) is 5.75. The average molecular weight is 235 g/mol. The van der Waals surface area contributed by atoms with Crippen LogP contribution >= 0.6 is 0 Å². The van der Waals surface area contributed by atoms with Gasteiger partial charge in [0.25, 0.3) is 0 Å². The van der Waals surface area contributed by atoms with Crippen molar-refractivity contribution in [2.75, 3.05) is 13.1 Å². The van der Waals surface area contributed by atoms with Gasteiger partial charge in [-0.3, -0.25) is 4.98 Å². The van der Waals surface area contributed by atoms with Crippen LogP contribution in [0.3, 0.4) is 0 Å². The van der Waals surface area contributed by atoms with E-state index in [1.165, 1.54) is 0 Å². The summed E-state index contributed by atoms with van der Waals surface area (Å²) in [6.45, 7) is 1.59. The smallest absolute Gasteiger partial charge is 0.410 e. The van der Waals surface area contributed by atoms with Crippen LogP contribution in [-0.2, 0) is 11.3 Å². The molecule has 2 heterocycles. The number of nitrogens with two attached hydrogens (primary N) is 1. The number of amides is 1. The molecular weight excluding hydrogens is 218 g/mol. The minimum absolute atomic E-state index is 0.217. The molecule has 0 saturated carbocycles. The standard InChI is InChI=1S/C12H17N3O2/c13-10-4-7-15(8-5-10)12(16)17-9-11-3-1-2-6-14-11/h1-3,6,10H,4-5,7-9,13H2. The molecule has 92 valence electrons. The first-order valence-electron chi connectivity index (χ1n) is 5.83. The summed E-state index contributed by atoms with van der Waals surface area (Å²) in [5, 5.41) is 0. The summed E-state index contributed by atoms with van der Waals surface area (Å²) in [6.07, 6.45) is 3.10. The molecule has 1 aromatic heterocycles. The van der Waals surface area contributed by atoms with Gasteiger partial charge in [0.2, 0.25) is 0 Å². The van der Waals surface area contributed by atoms with Crippen LogP contribution in [0.1, 0.15) is 18.5 Å². The predicted octanol–water partition coefficient (Wildman–Crippen LogP) is 1.14. The van der Waals surface area contributed by atoms with Crippen molar-refractivity contribution < 1.29 is 9.53 Å². The number of pyridine rings is 1. The molecule has 0 unspecified atom stereocenters. The topological polar surface area (TPSA) is 68.5 Å². The number of hydrogen-bond acceptors (Lipinski definition) is 4. The van der Waals surface area contributed by atoms with Crippen LogP contribution in [-0.4, -0.2) is 35.1 Å². The number of carbonyl (C=O) groups is 1. The molecule has 0 radical (unpaired) electrons. The van der Waals surface area contributed by atoms with Crippen LogP contribution < -0.4 is 5.73 Å². The van der Waals surface area contributed by atoms with Crippen molar-refractivity contribution in [2.24, 2.45) is 5.73 Å². The quantitative estimate of drug-likeness (QED) is 0.834. The van der Waals surface area contributed by atoms with E-state index in [9.17, 15) is 4.79 Å². The number of aromatic nitrogens is 1. The third-order valence-corrected chi connectivity index (χ3v) is 2.87. The highest BCUT2D eigenvalue weighted by atomic mass is 16.6. The molecule has 0 aliphatic carbocycles. The van der Waals surface area contributed by atoms with Crippen molar-refractivity contribution in [3.63, 3.8) is 0 Å². The summed E-state index contributed by atoms with van der Waals surface area (Å²) in [5.74, 6) is 0. The molecule has 2 rings (SSSR count). The second-order valence-electron chi connectivity index (χ2n) is 4.20. The summed E-state index contributed by atoms with van der Waals surface area (Å²) in [4.78, 5) is 17.5. The van der Waals surface area contributed by atoms with Crippen LogP contribution in [0.4, 0.5) is 4.79 Å². The van der Waals surface area contributed by atoms with Crippen molar-refractivity contribution in [1.82, 2.24) is 9.88 Å². The van der Waals surface area contributed by atoms with E-state index < -0.39 is 0 Å². The largest absolute Gasteiger partial charge is 0.443 e. The van der Waals surface area contributed by atoms with Crippen LogP contribution in [0.5, 0.6) is 0 Å². The Bertz CT molecular complexity index is 361. The van der Waals surface area contributed by atoms with Gasteiger partial charge in [-0.15, -0.1) is 0 Å². The Balaban J connectivity index is 1.78. The van der Waals surface area contributed by atoms with E-state index in [-0.39, 0.29) is 18.7 Å². The molecule has 5 nitrogen and oxygen atoms in total. The second-order valence-corrected chi connectivity index (χ2v) is 4.20. The molecule has 0 spiro atoms. The number of ether oxygens (including phenoxy) is 1. The summed E-state index contributed by atoms with van der Waals surface area (Å²) < 4.78 is 5.19. The van der Waals surface area contributed by atoms with Crippen LogP contribution in [0.2, 0.25) is 0 Å². The lowest BCUT2D eigenvalue weighted by Crippen LogP contribution is -2.43. The maximum absolute atomic E-state index is 11.7. The zero-order valence-electron chi connectivity index (χ0n) is 9.71. The monoisotopic (exact) mass is 235 g/mol. The zero-order valence-corrected chi connectivity index (χ0v) is 9.71. The van der Waals surface area contributed by atoms with Crippen LogP contribution in [0, 0.1) is 0 Å². The number of piperidine rings is 1. The summed E-state index contributed by atoms with van der Waals surface area (Å²) >= 11 is 0. The van der Waals surface area contributed by atoms with E-state index in [4.69, 9.17) is 10.5 Å². The van der Waals surface area contributed by atoms with Gasteiger partial charge in [0.1, 0.15) is 6.61 Å². The fourth-order valence-corrected chi connectivity index (χ4v) is 1.79. The Labute approximate surface area is 101 Å². The molecule has 1 saturated heterocycles. The van der Waals surface area contributed by atoms with Gasteiger partial charge in [-0.25, -0.2) is 4.79 Å². The fraction of sp³-hybridized carbons (Fsp3) is 0.500. The molecule has 0 bridgehead atoms. The highest BCUT2D eigenvalue weighted by Gasteiger charge is 2.21. The number of nitrogens with zero attached hydrogens (tertiary/aromatic N) is 2. The molecule has 1 aromatic rings. The maximum atomic E-state index is 11.7. The van der Waals surface area contributed by atoms with Gasteiger partial charge < -0.3 is 15.4 Å². The van der Waals surface area contributed by atoms with E-state index in [2.05, 4.69) is 4.98 Å². The zero-order chi connectivity index (χ0) is 12.1. The van der Waals surface area contributed by atoms with E-state index in [1.807, 2.05) is 18.2 Å². The molecule has 1 aliphatic rings. The van der Waals surface area contributed by atoms with Crippen molar-refractivity contribution in [3.05, 3.63) is 30.1 Å². The van der Waals surface area contributed by atoms with Crippen LogP contribution in [0.15, 0.2) is 24.4 Å². The Hall–Kier alpha value is -1.62. The SMILES string of the molecule is NC1CCN(C(=O)OCc2ccccn2)CC1.